The molecule has 180 valence electrons. The molecule has 2 aromatic carbocycles. The molecule has 35 heavy (non-hydrogen) atoms. The summed E-state index contributed by atoms with van der Waals surface area (Å²) in [5, 5.41) is 2.99. The summed E-state index contributed by atoms with van der Waals surface area (Å²) in [5.41, 5.74) is 3.00. The van der Waals surface area contributed by atoms with Crippen molar-refractivity contribution in [2.75, 3.05) is 26.2 Å². The van der Waals surface area contributed by atoms with E-state index < -0.39 is 0 Å². The van der Waals surface area contributed by atoms with Gasteiger partial charge in [-0.05, 0) is 61.4 Å². The number of aromatic nitrogens is 3. The van der Waals surface area contributed by atoms with Gasteiger partial charge in [-0.2, -0.15) is 0 Å². The van der Waals surface area contributed by atoms with E-state index in [0.29, 0.717) is 23.6 Å². The molecular formula is C27H28FN5O2. The van der Waals surface area contributed by atoms with E-state index in [1.807, 2.05) is 47.0 Å². The molecule has 4 aromatic rings. The summed E-state index contributed by atoms with van der Waals surface area (Å²) >= 11 is 0. The van der Waals surface area contributed by atoms with Crippen LogP contribution < -0.4 is 10.1 Å². The van der Waals surface area contributed by atoms with E-state index >= 15 is 0 Å². The number of fused-ring (bicyclic) bond motifs is 1. The molecule has 0 bridgehead atoms. The quantitative estimate of drug-likeness (QED) is 0.388. The number of imidazole rings is 1. The fourth-order valence-electron chi connectivity index (χ4n) is 4.59. The number of ether oxygens (including phenoxy) is 1. The maximum absolute atomic E-state index is 13.8. The van der Waals surface area contributed by atoms with Crippen LogP contribution in [0.1, 0.15) is 19.8 Å². The van der Waals surface area contributed by atoms with Crippen LogP contribution in [0.15, 0.2) is 66.9 Å². The van der Waals surface area contributed by atoms with E-state index in [1.54, 1.807) is 19.2 Å². The Hall–Kier alpha value is -3.78. The van der Waals surface area contributed by atoms with Gasteiger partial charge in [-0.25, -0.2) is 9.37 Å². The van der Waals surface area contributed by atoms with E-state index in [1.165, 1.54) is 12.1 Å². The molecule has 1 amide bonds. The van der Waals surface area contributed by atoms with Gasteiger partial charge < -0.3 is 15.0 Å². The number of rotatable bonds is 8. The van der Waals surface area contributed by atoms with Crippen molar-refractivity contribution >= 4 is 16.9 Å². The minimum absolute atomic E-state index is 0.0339. The van der Waals surface area contributed by atoms with Crippen LogP contribution in [-0.4, -0.2) is 57.6 Å². The fraction of sp³-hybridized carbons (Fsp3) is 0.296. The van der Waals surface area contributed by atoms with E-state index in [9.17, 15) is 9.18 Å². The molecule has 0 aliphatic carbocycles. The molecule has 1 saturated heterocycles. The molecular weight excluding hydrogens is 445 g/mol. The Labute approximate surface area is 203 Å². The second-order valence-corrected chi connectivity index (χ2v) is 8.80. The molecule has 3 heterocycles. The van der Waals surface area contributed by atoms with Gasteiger partial charge in [0.2, 0.25) is 5.91 Å². The summed E-state index contributed by atoms with van der Waals surface area (Å²) in [7, 11) is 0. The van der Waals surface area contributed by atoms with Crippen LogP contribution in [0.5, 0.6) is 5.75 Å². The third-order valence-corrected chi connectivity index (χ3v) is 6.17. The number of carbonyl (C=O) groups is 1. The Morgan fingerprint density at radius 3 is 2.80 bits per heavy atom. The standard InChI is InChI=1S/C27H28FN5O2/c1-19(34)30-21-12-15-32(18-21)14-4-16-35-23-9-7-22(8-10-23)33-26-11-6-20(28)17-25(26)31-27(33)24-5-2-3-13-29-24/h2-3,5-11,13,17,21H,4,12,14-16,18H2,1H3,(H,30,34). The third-order valence-electron chi connectivity index (χ3n) is 6.17. The maximum atomic E-state index is 13.8. The lowest BCUT2D eigenvalue weighted by Crippen LogP contribution is -2.35. The van der Waals surface area contributed by atoms with Crippen molar-refractivity contribution in [2.45, 2.75) is 25.8 Å². The molecule has 1 unspecified atom stereocenters. The second-order valence-electron chi connectivity index (χ2n) is 8.80. The smallest absolute Gasteiger partial charge is 0.217 e. The summed E-state index contributed by atoms with van der Waals surface area (Å²) in [5.74, 6) is 1.16. The molecule has 0 spiro atoms. The summed E-state index contributed by atoms with van der Waals surface area (Å²) < 4.78 is 21.8. The molecule has 1 fully saturated rings. The van der Waals surface area contributed by atoms with E-state index in [2.05, 4.69) is 20.2 Å². The normalized spacial score (nSPS) is 16.0. The Balaban J connectivity index is 1.25. The zero-order valence-electron chi connectivity index (χ0n) is 19.7. The van der Waals surface area contributed by atoms with Gasteiger partial charge in [0.15, 0.2) is 5.82 Å². The first-order valence-electron chi connectivity index (χ1n) is 11.9. The number of nitrogens with one attached hydrogen (secondary N) is 1. The van der Waals surface area contributed by atoms with Crippen molar-refractivity contribution in [2.24, 2.45) is 0 Å². The second kappa shape index (κ2) is 10.2. The first-order chi connectivity index (χ1) is 17.1. The number of nitrogens with zero attached hydrogens (tertiary/aromatic N) is 4. The van der Waals surface area contributed by atoms with Crippen molar-refractivity contribution in [3.05, 3.63) is 72.7 Å². The highest BCUT2D eigenvalue weighted by Gasteiger charge is 2.22. The number of hydrogen-bond donors (Lipinski definition) is 1. The maximum Gasteiger partial charge on any atom is 0.217 e. The molecule has 0 radical (unpaired) electrons. The highest BCUT2D eigenvalue weighted by Crippen LogP contribution is 2.29. The number of amides is 1. The van der Waals surface area contributed by atoms with Gasteiger partial charge in [-0.15, -0.1) is 0 Å². The van der Waals surface area contributed by atoms with Gasteiger partial charge in [0.05, 0.1) is 17.6 Å². The van der Waals surface area contributed by atoms with E-state index in [0.717, 1.165) is 49.4 Å². The van der Waals surface area contributed by atoms with E-state index in [-0.39, 0.29) is 17.8 Å². The SMILES string of the molecule is CC(=O)NC1CCN(CCCOc2ccc(-n3c(-c4ccccn4)nc4cc(F)ccc43)cc2)C1. The summed E-state index contributed by atoms with van der Waals surface area (Å²) in [6, 6.07) is 18.4. The molecule has 8 heteroatoms. The van der Waals surface area contributed by atoms with Gasteiger partial charge in [0.1, 0.15) is 17.3 Å². The zero-order chi connectivity index (χ0) is 24.2. The minimum Gasteiger partial charge on any atom is -0.494 e. The van der Waals surface area contributed by atoms with Crippen molar-refractivity contribution in [1.29, 1.82) is 0 Å². The predicted octanol–water partition coefficient (Wildman–Crippen LogP) is 4.21. The number of halogens is 1. The highest BCUT2D eigenvalue weighted by atomic mass is 19.1. The van der Waals surface area contributed by atoms with Gasteiger partial charge in [0, 0.05) is 50.6 Å². The first-order valence-corrected chi connectivity index (χ1v) is 11.9. The molecule has 1 N–H and O–H groups in total. The molecule has 1 aliphatic heterocycles. The Morgan fingerprint density at radius 2 is 2.03 bits per heavy atom. The first kappa shape index (κ1) is 23.0. The topological polar surface area (TPSA) is 72.3 Å². The number of likely N-dealkylation sites (tertiary alicyclic amines) is 1. The molecule has 0 saturated carbocycles. The van der Waals surface area contributed by atoms with Crippen LogP contribution in [-0.2, 0) is 4.79 Å². The minimum atomic E-state index is -0.321. The molecule has 2 aromatic heterocycles. The molecule has 7 nitrogen and oxygen atoms in total. The number of benzene rings is 2. The number of hydrogen-bond acceptors (Lipinski definition) is 5. The summed E-state index contributed by atoms with van der Waals surface area (Å²) in [6.45, 7) is 5.03. The highest BCUT2D eigenvalue weighted by molar-refractivity contribution is 5.82. The predicted molar refractivity (Wildman–Crippen MR) is 133 cm³/mol. The lowest BCUT2D eigenvalue weighted by atomic mass is 10.2. The van der Waals surface area contributed by atoms with Crippen LogP contribution in [0.3, 0.4) is 0 Å². The Kier molecular flexibility index (Phi) is 6.72. The van der Waals surface area contributed by atoms with Gasteiger partial charge in [-0.3, -0.25) is 14.3 Å². The van der Waals surface area contributed by atoms with Gasteiger partial charge >= 0.3 is 0 Å². The lowest BCUT2D eigenvalue weighted by Gasteiger charge is -2.16. The van der Waals surface area contributed by atoms with Crippen molar-refractivity contribution in [3.8, 4) is 23.0 Å². The third kappa shape index (κ3) is 5.33. The largest absolute Gasteiger partial charge is 0.494 e. The Bertz CT molecular complexity index is 1310. The van der Waals surface area contributed by atoms with Gasteiger partial charge in [0.25, 0.3) is 0 Å². The van der Waals surface area contributed by atoms with Crippen LogP contribution in [0.25, 0.3) is 28.2 Å². The molecule has 1 atom stereocenters. The summed E-state index contributed by atoms with van der Waals surface area (Å²) in [4.78, 5) is 22.7. The van der Waals surface area contributed by atoms with Gasteiger partial charge in [-0.1, -0.05) is 6.07 Å². The fourth-order valence-corrected chi connectivity index (χ4v) is 4.59. The van der Waals surface area contributed by atoms with Crippen LogP contribution >= 0.6 is 0 Å². The Morgan fingerprint density at radius 1 is 1.17 bits per heavy atom. The molecule has 5 rings (SSSR count). The average molecular weight is 474 g/mol. The average Bonchev–Trinajstić information content (AvgIpc) is 3.46. The number of pyridine rings is 1. The van der Waals surface area contributed by atoms with Crippen molar-refractivity contribution < 1.29 is 13.9 Å². The van der Waals surface area contributed by atoms with Crippen LogP contribution in [0.4, 0.5) is 4.39 Å². The van der Waals surface area contributed by atoms with Crippen LogP contribution in [0.2, 0.25) is 0 Å². The van der Waals surface area contributed by atoms with Crippen LogP contribution in [0, 0.1) is 5.82 Å². The van der Waals surface area contributed by atoms with Crippen molar-refractivity contribution in [1.82, 2.24) is 24.8 Å². The zero-order valence-corrected chi connectivity index (χ0v) is 19.7. The lowest BCUT2D eigenvalue weighted by molar-refractivity contribution is -0.119. The van der Waals surface area contributed by atoms with E-state index in [4.69, 9.17) is 4.74 Å². The van der Waals surface area contributed by atoms with Crippen molar-refractivity contribution in [3.63, 3.8) is 0 Å². The molecule has 1 aliphatic rings. The summed E-state index contributed by atoms with van der Waals surface area (Å²) in [6.07, 6.45) is 3.63. The number of carbonyl (C=O) groups excluding carboxylic acids is 1. The monoisotopic (exact) mass is 473 g/mol.